The van der Waals surface area contributed by atoms with Gasteiger partial charge < -0.3 is 5.73 Å². The average Bonchev–Trinajstić information content (AvgIpc) is 2.29. The third-order valence-corrected chi connectivity index (χ3v) is 2.72. The molecule has 1 aromatic heterocycles. The highest BCUT2D eigenvalue weighted by Gasteiger charge is 2.04. The van der Waals surface area contributed by atoms with Gasteiger partial charge in [-0.2, -0.15) is 0 Å². The Hall–Kier alpha value is -1.33. The van der Waals surface area contributed by atoms with Gasteiger partial charge in [0.25, 0.3) is 0 Å². The molecule has 1 heterocycles. The fourth-order valence-electron chi connectivity index (χ4n) is 1.48. The Bertz CT molecular complexity index is 493. The number of rotatable bonds is 3. The summed E-state index contributed by atoms with van der Waals surface area (Å²) in [6, 6.07) is 4.58. The molecule has 3 nitrogen and oxygen atoms in total. The summed E-state index contributed by atoms with van der Waals surface area (Å²) in [7, 11) is 0. The first-order valence-corrected chi connectivity index (χ1v) is 5.96. The summed E-state index contributed by atoms with van der Waals surface area (Å²) >= 11 is 3.24. The van der Waals surface area contributed by atoms with Crippen LogP contribution in [0, 0.1) is 5.82 Å². The third kappa shape index (κ3) is 3.08. The van der Waals surface area contributed by atoms with Gasteiger partial charge in [0.05, 0.1) is 0 Å². The van der Waals surface area contributed by atoms with Crippen LogP contribution in [0.15, 0.2) is 35.1 Å². The molecule has 2 rings (SSSR count). The molecule has 2 N–H and O–H groups in total. The van der Waals surface area contributed by atoms with Crippen molar-refractivity contribution in [3.8, 4) is 11.4 Å². The standard InChI is InChI=1S/C12H11BrFN3/c13-10-3-9(4-11(14)5-10)12-16-6-8(1-2-15)7-17-12/h3-7H,1-2,15H2. The van der Waals surface area contributed by atoms with Crippen LogP contribution >= 0.6 is 15.9 Å². The lowest BCUT2D eigenvalue weighted by atomic mass is 10.2. The fourth-order valence-corrected chi connectivity index (χ4v) is 1.95. The van der Waals surface area contributed by atoms with Gasteiger partial charge in [-0.15, -0.1) is 0 Å². The number of aromatic nitrogens is 2. The molecule has 88 valence electrons. The van der Waals surface area contributed by atoms with Crippen LogP contribution in [0.25, 0.3) is 11.4 Å². The highest BCUT2D eigenvalue weighted by molar-refractivity contribution is 9.10. The van der Waals surface area contributed by atoms with Crippen LogP contribution in [-0.4, -0.2) is 16.5 Å². The molecule has 0 saturated carbocycles. The van der Waals surface area contributed by atoms with Crippen LogP contribution in [0.1, 0.15) is 5.56 Å². The van der Waals surface area contributed by atoms with Crippen molar-refractivity contribution in [2.24, 2.45) is 5.73 Å². The van der Waals surface area contributed by atoms with Gasteiger partial charge in [-0.25, -0.2) is 14.4 Å². The molecule has 1 aromatic carbocycles. The largest absolute Gasteiger partial charge is 0.330 e. The summed E-state index contributed by atoms with van der Waals surface area (Å²) in [5.41, 5.74) is 7.07. The Morgan fingerprint density at radius 1 is 1.18 bits per heavy atom. The van der Waals surface area contributed by atoms with E-state index in [0.717, 1.165) is 12.0 Å². The Balaban J connectivity index is 2.32. The van der Waals surface area contributed by atoms with Crippen molar-refractivity contribution in [3.63, 3.8) is 0 Å². The molecule has 0 fully saturated rings. The van der Waals surface area contributed by atoms with E-state index >= 15 is 0 Å². The number of benzene rings is 1. The van der Waals surface area contributed by atoms with Crippen LogP contribution in [0.4, 0.5) is 4.39 Å². The van der Waals surface area contributed by atoms with E-state index in [1.807, 2.05) is 0 Å². The molecule has 0 aliphatic rings. The van der Waals surface area contributed by atoms with E-state index in [0.29, 0.717) is 22.4 Å². The first kappa shape index (κ1) is 12.1. The summed E-state index contributed by atoms with van der Waals surface area (Å²) in [6.07, 6.45) is 4.18. The molecule has 0 amide bonds. The maximum Gasteiger partial charge on any atom is 0.159 e. The van der Waals surface area contributed by atoms with Gasteiger partial charge in [-0.05, 0) is 36.7 Å². The quantitative estimate of drug-likeness (QED) is 0.947. The van der Waals surface area contributed by atoms with Gasteiger partial charge in [0.1, 0.15) is 5.82 Å². The van der Waals surface area contributed by atoms with E-state index < -0.39 is 0 Å². The average molecular weight is 296 g/mol. The molecule has 0 saturated heterocycles. The van der Waals surface area contributed by atoms with Crippen LogP contribution in [0.3, 0.4) is 0 Å². The van der Waals surface area contributed by atoms with Crippen molar-refractivity contribution in [3.05, 3.63) is 46.4 Å². The SMILES string of the molecule is NCCc1cnc(-c2cc(F)cc(Br)c2)nc1. The van der Waals surface area contributed by atoms with Gasteiger partial charge in [-0.3, -0.25) is 0 Å². The molecule has 5 heteroatoms. The van der Waals surface area contributed by atoms with Gasteiger partial charge in [-0.1, -0.05) is 15.9 Å². The smallest absolute Gasteiger partial charge is 0.159 e. The minimum absolute atomic E-state index is 0.316. The molecule has 0 bridgehead atoms. The van der Waals surface area contributed by atoms with E-state index in [2.05, 4.69) is 25.9 Å². The molecule has 0 atom stereocenters. The van der Waals surface area contributed by atoms with E-state index in [9.17, 15) is 4.39 Å². The molecule has 0 radical (unpaired) electrons. The first-order valence-electron chi connectivity index (χ1n) is 5.16. The summed E-state index contributed by atoms with van der Waals surface area (Å²) in [5.74, 6) is 0.190. The highest BCUT2D eigenvalue weighted by atomic mass is 79.9. The third-order valence-electron chi connectivity index (χ3n) is 2.26. The van der Waals surface area contributed by atoms with Gasteiger partial charge in [0.15, 0.2) is 5.82 Å². The van der Waals surface area contributed by atoms with E-state index in [1.54, 1.807) is 18.5 Å². The summed E-state index contributed by atoms with van der Waals surface area (Å²) in [6.45, 7) is 0.564. The Kier molecular flexibility index (Phi) is 3.81. The molecule has 0 aliphatic heterocycles. The fraction of sp³-hybridized carbons (Fsp3) is 0.167. The predicted octanol–water partition coefficient (Wildman–Crippen LogP) is 2.55. The molecule has 17 heavy (non-hydrogen) atoms. The van der Waals surface area contributed by atoms with Gasteiger partial charge in [0, 0.05) is 22.4 Å². The van der Waals surface area contributed by atoms with E-state index in [-0.39, 0.29) is 5.82 Å². The molecular formula is C12H11BrFN3. The van der Waals surface area contributed by atoms with Crippen molar-refractivity contribution in [1.29, 1.82) is 0 Å². The van der Waals surface area contributed by atoms with Crippen LogP contribution in [0.5, 0.6) is 0 Å². The minimum Gasteiger partial charge on any atom is -0.330 e. The zero-order chi connectivity index (χ0) is 12.3. The second-order valence-electron chi connectivity index (χ2n) is 3.61. The van der Waals surface area contributed by atoms with Crippen LogP contribution < -0.4 is 5.73 Å². The Labute approximate surface area is 107 Å². The van der Waals surface area contributed by atoms with E-state index in [4.69, 9.17) is 5.73 Å². The second-order valence-corrected chi connectivity index (χ2v) is 4.53. The lowest BCUT2D eigenvalue weighted by Crippen LogP contribution is -2.03. The number of hydrogen-bond donors (Lipinski definition) is 1. The molecule has 0 aliphatic carbocycles. The summed E-state index contributed by atoms with van der Waals surface area (Å²) in [4.78, 5) is 8.39. The molecule has 0 spiro atoms. The van der Waals surface area contributed by atoms with Crippen molar-refractivity contribution in [2.45, 2.75) is 6.42 Å². The monoisotopic (exact) mass is 295 g/mol. The normalized spacial score (nSPS) is 10.5. The predicted molar refractivity (Wildman–Crippen MR) is 67.9 cm³/mol. The zero-order valence-corrected chi connectivity index (χ0v) is 10.6. The Morgan fingerprint density at radius 3 is 2.47 bits per heavy atom. The van der Waals surface area contributed by atoms with Crippen molar-refractivity contribution >= 4 is 15.9 Å². The van der Waals surface area contributed by atoms with Crippen LogP contribution in [0.2, 0.25) is 0 Å². The lowest BCUT2D eigenvalue weighted by Gasteiger charge is -2.03. The number of nitrogens with two attached hydrogens (primary N) is 1. The molecule has 0 unspecified atom stereocenters. The number of nitrogens with zero attached hydrogens (tertiary/aromatic N) is 2. The first-order chi connectivity index (χ1) is 8.19. The van der Waals surface area contributed by atoms with Crippen molar-refractivity contribution in [1.82, 2.24) is 9.97 Å². The van der Waals surface area contributed by atoms with Gasteiger partial charge in [0.2, 0.25) is 0 Å². The zero-order valence-electron chi connectivity index (χ0n) is 9.03. The minimum atomic E-state index is -0.316. The summed E-state index contributed by atoms with van der Waals surface area (Å²) < 4.78 is 13.9. The second kappa shape index (κ2) is 5.33. The molecular weight excluding hydrogens is 285 g/mol. The van der Waals surface area contributed by atoms with E-state index in [1.165, 1.54) is 12.1 Å². The maximum atomic E-state index is 13.2. The van der Waals surface area contributed by atoms with Crippen molar-refractivity contribution in [2.75, 3.05) is 6.54 Å². The lowest BCUT2D eigenvalue weighted by molar-refractivity contribution is 0.627. The van der Waals surface area contributed by atoms with Crippen molar-refractivity contribution < 1.29 is 4.39 Å². The molecule has 2 aromatic rings. The van der Waals surface area contributed by atoms with Gasteiger partial charge >= 0.3 is 0 Å². The summed E-state index contributed by atoms with van der Waals surface area (Å²) in [5, 5.41) is 0. The Morgan fingerprint density at radius 2 is 1.88 bits per heavy atom. The number of halogens is 2. The number of hydrogen-bond acceptors (Lipinski definition) is 3. The topological polar surface area (TPSA) is 51.8 Å². The maximum absolute atomic E-state index is 13.2. The highest BCUT2D eigenvalue weighted by Crippen LogP contribution is 2.21. The van der Waals surface area contributed by atoms with Crippen LogP contribution in [-0.2, 0) is 6.42 Å².